The first-order valence-corrected chi connectivity index (χ1v) is 6.09. The number of ether oxygens (including phenoxy) is 1. The number of hydrogen-bond acceptors (Lipinski definition) is 4. The van der Waals surface area contributed by atoms with E-state index in [-0.39, 0.29) is 5.75 Å². The molecule has 0 radical (unpaired) electrons. The number of methoxy groups -OCH3 is 1. The van der Waals surface area contributed by atoms with E-state index in [1.165, 1.54) is 7.11 Å². The van der Waals surface area contributed by atoms with E-state index < -0.39 is 5.54 Å². The van der Waals surface area contributed by atoms with Crippen molar-refractivity contribution in [2.24, 2.45) is 4.99 Å². The molecule has 0 bridgehead atoms. The number of halogens is 1. The van der Waals surface area contributed by atoms with Crippen LogP contribution in [-0.4, -0.2) is 18.3 Å². The van der Waals surface area contributed by atoms with Gasteiger partial charge in [0.25, 0.3) is 0 Å². The van der Waals surface area contributed by atoms with E-state index in [1.807, 2.05) is 0 Å². The second-order valence-corrected chi connectivity index (χ2v) is 4.91. The molecular weight excluding hydrogens is 254 g/mol. The summed E-state index contributed by atoms with van der Waals surface area (Å²) in [5, 5.41) is 10.6. The number of hydrogen-bond donors (Lipinski definition) is 1. The maximum Gasteiger partial charge on any atom is 0.235 e. The summed E-state index contributed by atoms with van der Waals surface area (Å²) in [5.41, 5.74) is 0.486. The standard InChI is InChI=1S/C13H14ClNO3/c1-8-11(17)9(6-10(14)12(8)18-2)13(15-7-16)4-3-5-13/h6,17H,3-5H2,1-2H3. The van der Waals surface area contributed by atoms with Gasteiger partial charge in [0.2, 0.25) is 6.08 Å². The number of aliphatic imine (C=N–C) groups is 1. The van der Waals surface area contributed by atoms with Crippen molar-refractivity contribution < 1.29 is 14.6 Å². The van der Waals surface area contributed by atoms with Gasteiger partial charge in [0.05, 0.1) is 12.1 Å². The van der Waals surface area contributed by atoms with Gasteiger partial charge >= 0.3 is 0 Å². The average Bonchev–Trinajstić information content (AvgIpc) is 2.29. The number of nitrogens with zero attached hydrogens (tertiary/aromatic N) is 1. The Morgan fingerprint density at radius 1 is 1.56 bits per heavy atom. The minimum Gasteiger partial charge on any atom is -0.507 e. The van der Waals surface area contributed by atoms with Crippen molar-refractivity contribution in [3.05, 3.63) is 22.2 Å². The number of phenolic OH excluding ortho intramolecular Hbond substituents is 1. The van der Waals surface area contributed by atoms with E-state index >= 15 is 0 Å². The predicted octanol–water partition coefficient (Wildman–Crippen LogP) is 3.08. The molecule has 0 aromatic heterocycles. The van der Waals surface area contributed by atoms with Gasteiger partial charge in [0, 0.05) is 11.1 Å². The second kappa shape index (κ2) is 4.63. The van der Waals surface area contributed by atoms with Crippen LogP contribution in [0.15, 0.2) is 11.1 Å². The monoisotopic (exact) mass is 267 g/mol. The third kappa shape index (κ3) is 1.78. The third-order valence-electron chi connectivity index (χ3n) is 3.58. The highest BCUT2D eigenvalue weighted by Crippen LogP contribution is 2.51. The van der Waals surface area contributed by atoms with E-state index in [1.54, 1.807) is 19.1 Å². The number of aromatic hydroxyl groups is 1. The molecule has 1 N–H and O–H groups in total. The van der Waals surface area contributed by atoms with Gasteiger partial charge in [-0.3, -0.25) is 0 Å². The van der Waals surface area contributed by atoms with Gasteiger partial charge in [-0.2, -0.15) is 4.99 Å². The average molecular weight is 268 g/mol. The number of benzene rings is 1. The van der Waals surface area contributed by atoms with Gasteiger partial charge in [-0.15, -0.1) is 0 Å². The van der Waals surface area contributed by atoms with Crippen LogP contribution in [0.2, 0.25) is 5.02 Å². The van der Waals surface area contributed by atoms with Crippen molar-refractivity contribution in [1.82, 2.24) is 0 Å². The molecule has 2 rings (SSSR count). The third-order valence-corrected chi connectivity index (χ3v) is 3.87. The molecule has 1 saturated carbocycles. The molecule has 5 heteroatoms. The topological polar surface area (TPSA) is 58.9 Å². The van der Waals surface area contributed by atoms with Gasteiger partial charge in [0.15, 0.2) is 0 Å². The molecule has 0 aliphatic heterocycles. The minimum atomic E-state index is -0.660. The molecule has 18 heavy (non-hydrogen) atoms. The molecule has 0 spiro atoms. The normalized spacial score (nSPS) is 16.6. The Labute approximate surface area is 110 Å². The Balaban J connectivity index is 2.62. The van der Waals surface area contributed by atoms with Gasteiger partial charge < -0.3 is 9.84 Å². The van der Waals surface area contributed by atoms with E-state index in [0.29, 0.717) is 21.9 Å². The lowest BCUT2D eigenvalue weighted by molar-refractivity contribution is 0.247. The predicted molar refractivity (Wildman–Crippen MR) is 68.1 cm³/mol. The van der Waals surface area contributed by atoms with Crippen LogP contribution in [0.4, 0.5) is 0 Å². The summed E-state index contributed by atoms with van der Waals surface area (Å²) in [6.45, 7) is 1.72. The molecule has 0 amide bonds. The quantitative estimate of drug-likeness (QED) is 0.676. The molecule has 0 atom stereocenters. The van der Waals surface area contributed by atoms with Crippen LogP contribution in [0.1, 0.15) is 30.4 Å². The fourth-order valence-corrected chi connectivity index (χ4v) is 2.72. The summed E-state index contributed by atoms with van der Waals surface area (Å²) >= 11 is 6.12. The Hall–Kier alpha value is -1.51. The highest BCUT2D eigenvalue weighted by molar-refractivity contribution is 6.32. The van der Waals surface area contributed by atoms with E-state index in [2.05, 4.69) is 4.99 Å². The van der Waals surface area contributed by atoms with Gasteiger partial charge in [0.1, 0.15) is 17.0 Å². The first-order chi connectivity index (χ1) is 8.55. The first-order valence-electron chi connectivity index (χ1n) is 5.71. The van der Waals surface area contributed by atoms with Gasteiger partial charge in [-0.1, -0.05) is 11.6 Å². The lowest BCUT2D eigenvalue weighted by Gasteiger charge is -2.38. The van der Waals surface area contributed by atoms with Crippen molar-refractivity contribution in [3.63, 3.8) is 0 Å². The lowest BCUT2D eigenvalue weighted by Crippen LogP contribution is -2.32. The van der Waals surface area contributed by atoms with Crippen LogP contribution >= 0.6 is 11.6 Å². The van der Waals surface area contributed by atoms with Crippen molar-refractivity contribution in [1.29, 1.82) is 0 Å². The number of carbonyl (C=O) groups excluding carboxylic acids is 1. The maximum atomic E-state index is 10.6. The first kappa shape index (κ1) is 12.9. The van der Waals surface area contributed by atoms with Crippen molar-refractivity contribution in [2.45, 2.75) is 31.7 Å². The van der Waals surface area contributed by atoms with Crippen molar-refractivity contribution in [3.8, 4) is 11.5 Å². The fourth-order valence-electron chi connectivity index (χ4n) is 2.40. The molecule has 0 unspecified atom stereocenters. The van der Waals surface area contributed by atoms with Crippen LogP contribution in [0.3, 0.4) is 0 Å². The highest BCUT2D eigenvalue weighted by atomic mass is 35.5. The molecule has 1 fully saturated rings. The Bertz CT molecular complexity index is 532. The molecule has 1 aliphatic rings. The van der Waals surface area contributed by atoms with E-state index in [4.69, 9.17) is 16.3 Å². The molecule has 0 saturated heterocycles. The largest absolute Gasteiger partial charge is 0.507 e. The zero-order chi connectivity index (χ0) is 13.3. The van der Waals surface area contributed by atoms with Gasteiger partial charge in [-0.05, 0) is 32.3 Å². The summed E-state index contributed by atoms with van der Waals surface area (Å²) in [6.07, 6.45) is 4.00. The molecule has 1 aromatic carbocycles. The number of phenols is 1. The summed E-state index contributed by atoms with van der Waals surface area (Å²) < 4.78 is 5.14. The Morgan fingerprint density at radius 2 is 2.22 bits per heavy atom. The summed E-state index contributed by atoms with van der Waals surface area (Å²) in [5.74, 6) is 0.539. The minimum absolute atomic E-state index is 0.0925. The number of isocyanates is 1. The van der Waals surface area contributed by atoms with Gasteiger partial charge in [-0.25, -0.2) is 4.79 Å². The second-order valence-electron chi connectivity index (χ2n) is 4.50. The molecule has 1 aliphatic carbocycles. The maximum absolute atomic E-state index is 10.6. The Morgan fingerprint density at radius 3 is 2.67 bits per heavy atom. The molecule has 4 nitrogen and oxygen atoms in total. The van der Waals surface area contributed by atoms with Crippen LogP contribution in [0, 0.1) is 6.92 Å². The van der Waals surface area contributed by atoms with Crippen LogP contribution in [-0.2, 0) is 10.3 Å². The van der Waals surface area contributed by atoms with Crippen LogP contribution in [0.5, 0.6) is 11.5 Å². The van der Waals surface area contributed by atoms with Crippen molar-refractivity contribution in [2.75, 3.05) is 7.11 Å². The van der Waals surface area contributed by atoms with E-state index in [9.17, 15) is 9.90 Å². The zero-order valence-corrected chi connectivity index (χ0v) is 11.0. The zero-order valence-electron chi connectivity index (χ0n) is 10.3. The molecule has 0 heterocycles. The summed E-state index contributed by atoms with van der Waals surface area (Å²) in [7, 11) is 1.50. The highest BCUT2D eigenvalue weighted by Gasteiger charge is 2.42. The lowest BCUT2D eigenvalue weighted by atomic mass is 9.71. The van der Waals surface area contributed by atoms with E-state index in [0.717, 1.165) is 19.3 Å². The van der Waals surface area contributed by atoms with Crippen molar-refractivity contribution >= 4 is 17.7 Å². The smallest absolute Gasteiger partial charge is 0.235 e. The Kier molecular flexibility index (Phi) is 3.33. The number of rotatable bonds is 3. The molecule has 96 valence electrons. The fraction of sp³-hybridized carbons (Fsp3) is 0.462. The summed E-state index contributed by atoms with van der Waals surface area (Å²) in [4.78, 5) is 14.4. The SMILES string of the molecule is COc1c(Cl)cc(C2(N=C=O)CCC2)c(O)c1C. The molecule has 1 aromatic rings. The van der Waals surface area contributed by atoms with Crippen LogP contribution in [0.25, 0.3) is 0 Å². The summed E-state index contributed by atoms with van der Waals surface area (Å²) in [6, 6.07) is 1.63. The molecular formula is C13H14ClNO3. The van der Waals surface area contributed by atoms with Crippen LogP contribution < -0.4 is 4.74 Å².